The van der Waals surface area contributed by atoms with Gasteiger partial charge in [0.1, 0.15) is 6.33 Å². The van der Waals surface area contributed by atoms with Crippen molar-refractivity contribution in [2.45, 2.75) is 6.92 Å². The minimum absolute atomic E-state index is 0.242. The van der Waals surface area contributed by atoms with E-state index in [0.717, 1.165) is 22.6 Å². The van der Waals surface area contributed by atoms with Crippen molar-refractivity contribution in [2.75, 3.05) is 0 Å². The van der Waals surface area contributed by atoms with Gasteiger partial charge in [-0.3, -0.25) is 14.5 Å². The van der Waals surface area contributed by atoms with E-state index in [0.29, 0.717) is 22.4 Å². The number of pyridine rings is 3. The lowest BCUT2D eigenvalue weighted by atomic mass is 10.1. The second-order valence-electron chi connectivity index (χ2n) is 7.09. The molecule has 1 N–H and O–H groups in total. The number of aryl methyl sites for hydroxylation is 1. The molecule has 6 aromatic rings. The minimum atomic E-state index is -0.242. The number of nitrogens with zero attached hydrogens (tertiary/aromatic N) is 8. The van der Waals surface area contributed by atoms with Crippen molar-refractivity contribution in [1.82, 2.24) is 44.1 Å². The Bertz CT molecular complexity index is 1620. The van der Waals surface area contributed by atoms with Gasteiger partial charge in [-0.2, -0.15) is 15.3 Å². The van der Waals surface area contributed by atoms with Gasteiger partial charge in [-0.25, -0.2) is 19.2 Å². The van der Waals surface area contributed by atoms with Crippen molar-refractivity contribution in [3.8, 4) is 22.8 Å². The Morgan fingerprint density at radius 3 is 2.87 bits per heavy atom. The molecule has 10 nitrogen and oxygen atoms in total. The molecule has 0 aromatic carbocycles. The third-order valence-corrected chi connectivity index (χ3v) is 5.13. The van der Waals surface area contributed by atoms with E-state index in [-0.39, 0.29) is 5.56 Å². The van der Waals surface area contributed by atoms with Crippen molar-refractivity contribution in [3.63, 3.8) is 0 Å². The van der Waals surface area contributed by atoms with E-state index in [2.05, 4.69) is 30.4 Å². The lowest BCUT2D eigenvalue weighted by molar-refractivity contribution is 0.853. The van der Waals surface area contributed by atoms with Crippen LogP contribution in [0, 0.1) is 6.92 Å². The number of nitrogens with one attached hydrogen (secondary N) is 1. The zero-order valence-corrected chi connectivity index (χ0v) is 16.3. The van der Waals surface area contributed by atoms with Crippen LogP contribution in [0.5, 0.6) is 0 Å². The van der Waals surface area contributed by atoms with Gasteiger partial charge in [0.25, 0.3) is 5.56 Å². The first-order valence-corrected chi connectivity index (χ1v) is 9.56. The Balaban J connectivity index is 1.69. The van der Waals surface area contributed by atoms with Crippen molar-refractivity contribution >= 4 is 16.6 Å². The van der Waals surface area contributed by atoms with Gasteiger partial charge < -0.3 is 0 Å². The summed E-state index contributed by atoms with van der Waals surface area (Å²) in [5.74, 6) is 0.624. The van der Waals surface area contributed by atoms with Crippen molar-refractivity contribution in [1.29, 1.82) is 0 Å². The SMILES string of the molecule is Cc1cccc(-n2nc3c(=O)n(-c4cn[nH]c4)ccc3c2-c2ccc3ncnn3c2)n1. The molecule has 150 valence electrons. The van der Waals surface area contributed by atoms with Gasteiger partial charge >= 0.3 is 0 Å². The lowest BCUT2D eigenvalue weighted by Crippen LogP contribution is -2.17. The number of rotatable bonds is 3. The molecule has 0 radical (unpaired) electrons. The third-order valence-electron chi connectivity index (χ3n) is 5.13. The van der Waals surface area contributed by atoms with Gasteiger partial charge in [-0.1, -0.05) is 6.07 Å². The van der Waals surface area contributed by atoms with Crippen LogP contribution >= 0.6 is 0 Å². The molecule has 6 heterocycles. The van der Waals surface area contributed by atoms with E-state index in [9.17, 15) is 4.79 Å². The van der Waals surface area contributed by atoms with Crippen LogP contribution in [-0.2, 0) is 0 Å². The number of hydrogen-bond donors (Lipinski definition) is 1. The molecule has 0 aliphatic carbocycles. The summed E-state index contributed by atoms with van der Waals surface area (Å²) in [4.78, 5) is 22.1. The zero-order chi connectivity index (χ0) is 20.9. The Morgan fingerprint density at radius 1 is 1.10 bits per heavy atom. The molecule has 6 rings (SSSR count). The molecule has 0 aliphatic heterocycles. The predicted molar refractivity (Wildman–Crippen MR) is 113 cm³/mol. The average molecular weight is 409 g/mol. The van der Waals surface area contributed by atoms with Crippen LogP contribution < -0.4 is 5.56 Å². The number of aromatic nitrogens is 9. The molecule has 0 amide bonds. The molecular weight excluding hydrogens is 394 g/mol. The minimum Gasteiger partial charge on any atom is -0.284 e. The van der Waals surface area contributed by atoms with Crippen LogP contribution in [0.4, 0.5) is 0 Å². The molecule has 0 bridgehead atoms. The highest BCUT2D eigenvalue weighted by molar-refractivity contribution is 5.93. The Kier molecular flexibility index (Phi) is 3.60. The van der Waals surface area contributed by atoms with Crippen LogP contribution in [0.25, 0.3) is 39.3 Å². The van der Waals surface area contributed by atoms with E-state index >= 15 is 0 Å². The highest BCUT2D eigenvalue weighted by Gasteiger charge is 2.20. The topological polar surface area (TPSA) is 112 Å². The molecule has 0 saturated heterocycles. The maximum Gasteiger partial charge on any atom is 0.283 e. The van der Waals surface area contributed by atoms with Gasteiger partial charge in [0.05, 0.1) is 17.6 Å². The Labute approximate surface area is 174 Å². The van der Waals surface area contributed by atoms with Crippen LogP contribution in [0.3, 0.4) is 0 Å². The summed E-state index contributed by atoms with van der Waals surface area (Å²) in [7, 11) is 0. The summed E-state index contributed by atoms with van der Waals surface area (Å²) in [6, 6.07) is 11.4. The maximum atomic E-state index is 13.3. The molecule has 0 spiro atoms. The first-order chi connectivity index (χ1) is 15.2. The maximum absolute atomic E-state index is 13.3. The lowest BCUT2D eigenvalue weighted by Gasteiger charge is -2.08. The van der Waals surface area contributed by atoms with E-state index < -0.39 is 0 Å². The molecule has 0 aliphatic rings. The molecule has 0 unspecified atom stereocenters. The summed E-state index contributed by atoms with van der Waals surface area (Å²) in [5.41, 5.74) is 3.90. The zero-order valence-electron chi connectivity index (χ0n) is 16.3. The van der Waals surface area contributed by atoms with Crippen molar-refractivity contribution in [3.05, 3.63) is 83.6 Å². The monoisotopic (exact) mass is 409 g/mol. The van der Waals surface area contributed by atoms with Gasteiger partial charge in [-0.05, 0) is 37.3 Å². The second kappa shape index (κ2) is 6.46. The third kappa shape index (κ3) is 2.65. The summed E-state index contributed by atoms with van der Waals surface area (Å²) >= 11 is 0. The first-order valence-electron chi connectivity index (χ1n) is 9.56. The number of hydrogen-bond acceptors (Lipinski definition) is 6. The highest BCUT2D eigenvalue weighted by atomic mass is 16.1. The van der Waals surface area contributed by atoms with Gasteiger partial charge in [-0.15, -0.1) is 0 Å². The fourth-order valence-corrected chi connectivity index (χ4v) is 3.70. The van der Waals surface area contributed by atoms with Crippen LogP contribution in [0.15, 0.2) is 72.3 Å². The average Bonchev–Trinajstić information content (AvgIpc) is 3.52. The number of aromatic amines is 1. The first kappa shape index (κ1) is 17.3. The Morgan fingerprint density at radius 2 is 2.03 bits per heavy atom. The summed E-state index contributed by atoms with van der Waals surface area (Å²) in [6.45, 7) is 1.92. The standard InChI is InChI=1S/C21H15N9O/c1-13-3-2-4-18(26-13)30-20(14-5-6-17-22-12-25-29(17)11-14)16-7-8-28(15-9-23-24-10-15)21(31)19(16)27-30/h2-12H,1H3,(H,23,24). The van der Waals surface area contributed by atoms with Gasteiger partial charge in [0.15, 0.2) is 17.0 Å². The summed E-state index contributed by atoms with van der Waals surface area (Å²) in [6.07, 6.45) is 8.34. The van der Waals surface area contributed by atoms with Crippen LogP contribution in [-0.4, -0.2) is 44.1 Å². The fraction of sp³-hybridized carbons (Fsp3) is 0.0476. The van der Waals surface area contributed by atoms with Crippen molar-refractivity contribution in [2.24, 2.45) is 0 Å². The summed E-state index contributed by atoms with van der Waals surface area (Å²) in [5, 5.41) is 16.3. The fourth-order valence-electron chi connectivity index (χ4n) is 3.70. The van der Waals surface area contributed by atoms with Crippen LogP contribution in [0.1, 0.15) is 5.69 Å². The number of fused-ring (bicyclic) bond motifs is 2. The van der Waals surface area contributed by atoms with Gasteiger partial charge in [0, 0.05) is 35.2 Å². The van der Waals surface area contributed by atoms with E-state index in [1.54, 1.807) is 27.8 Å². The highest BCUT2D eigenvalue weighted by Crippen LogP contribution is 2.30. The normalized spacial score (nSPS) is 11.5. The molecule has 6 aromatic heterocycles. The Hall–Kier alpha value is -4.60. The smallest absolute Gasteiger partial charge is 0.283 e. The molecule has 0 saturated carbocycles. The molecule has 31 heavy (non-hydrogen) atoms. The van der Waals surface area contributed by atoms with Crippen molar-refractivity contribution < 1.29 is 0 Å². The van der Waals surface area contributed by atoms with Gasteiger partial charge in [0.2, 0.25) is 0 Å². The molecular formula is C21H15N9O. The van der Waals surface area contributed by atoms with Crippen LogP contribution in [0.2, 0.25) is 0 Å². The van der Waals surface area contributed by atoms with E-state index in [4.69, 9.17) is 0 Å². The molecule has 10 heteroatoms. The van der Waals surface area contributed by atoms with E-state index in [1.807, 2.05) is 49.5 Å². The predicted octanol–water partition coefficient (Wildman–Crippen LogP) is 2.31. The largest absolute Gasteiger partial charge is 0.284 e. The summed E-state index contributed by atoms with van der Waals surface area (Å²) < 4.78 is 4.91. The molecule has 0 fully saturated rings. The quantitative estimate of drug-likeness (QED) is 0.480. The number of H-pyrrole nitrogens is 1. The van der Waals surface area contributed by atoms with E-state index in [1.165, 1.54) is 10.9 Å². The second-order valence-corrected chi connectivity index (χ2v) is 7.09. The molecule has 0 atom stereocenters.